The number of aromatic hydroxyl groups is 1. The molecule has 4 heterocycles. The third kappa shape index (κ3) is 8.58. The van der Waals surface area contributed by atoms with E-state index >= 15 is 17.6 Å². The highest BCUT2D eigenvalue weighted by Crippen LogP contribution is 2.42. The number of hydrogen-bond donors (Lipinski definition) is 1. The molecule has 21 heteroatoms. The maximum atomic E-state index is 15.5. The van der Waals surface area contributed by atoms with E-state index in [-0.39, 0.29) is 41.0 Å². The maximum Gasteiger partial charge on any atom is 0.431 e. The molecule has 0 bridgehead atoms. The Morgan fingerprint density at radius 3 is 2.30 bits per heavy atom. The number of piperazine rings is 1. The monoisotopic (exact) mass is 824 g/mol. The fourth-order valence-electron chi connectivity index (χ4n) is 6.77. The predicted molar refractivity (Wildman–Crippen MR) is 199 cm³/mol. The molecule has 5 rings (SSSR count). The van der Waals surface area contributed by atoms with Gasteiger partial charge >= 0.3 is 23.5 Å². The van der Waals surface area contributed by atoms with E-state index in [0.717, 1.165) is 23.3 Å². The van der Waals surface area contributed by atoms with Crippen molar-refractivity contribution in [3.8, 4) is 17.1 Å². The third-order valence-corrected chi connectivity index (χ3v) is 9.64. The van der Waals surface area contributed by atoms with Crippen molar-refractivity contribution < 1.29 is 49.7 Å². The molecule has 1 aliphatic heterocycles. The number of halogens is 4. The number of hydrogen-bond acceptors (Lipinski definition) is 12. The molecular formula is C36H40F4N6O10S. The number of para-hydroxylation sites is 1. The van der Waals surface area contributed by atoms with Crippen LogP contribution in [0.3, 0.4) is 0 Å². The van der Waals surface area contributed by atoms with Crippen molar-refractivity contribution in [2.45, 2.75) is 71.7 Å². The Kier molecular flexibility index (Phi) is 11.5. The summed E-state index contributed by atoms with van der Waals surface area (Å²) in [6.07, 6.45) is -4.50. The van der Waals surface area contributed by atoms with E-state index in [2.05, 4.69) is 4.98 Å². The van der Waals surface area contributed by atoms with Crippen LogP contribution in [0.25, 0.3) is 22.3 Å². The summed E-state index contributed by atoms with van der Waals surface area (Å²) in [6, 6.07) is 3.12. The van der Waals surface area contributed by atoms with Crippen molar-refractivity contribution in [3.05, 3.63) is 90.1 Å². The molecule has 16 nitrogen and oxygen atoms in total. The van der Waals surface area contributed by atoms with Crippen molar-refractivity contribution >= 4 is 38.5 Å². The predicted octanol–water partition coefficient (Wildman–Crippen LogP) is 5.53. The highest BCUT2D eigenvalue weighted by Gasteiger charge is 2.43. The molecule has 57 heavy (non-hydrogen) atoms. The number of aryl methyl sites for hydroxylation is 1. The number of nitrogens with zero attached hydrogens (tertiary/aromatic N) is 6. The summed E-state index contributed by atoms with van der Waals surface area (Å²) in [6.45, 7) is 8.03. The van der Waals surface area contributed by atoms with Gasteiger partial charge in [-0.15, -0.1) is 0 Å². The maximum absolute atomic E-state index is 15.5. The molecule has 1 saturated heterocycles. The summed E-state index contributed by atoms with van der Waals surface area (Å²) in [4.78, 5) is 61.5. The second-order valence-corrected chi connectivity index (χ2v) is 16.4. The van der Waals surface area contributed by atoms with Gasteiger partial charge in [-0.1, -0.05) is 19.9 Å². The van der Waals surface area contributed by atoms with E-state index in [1.807, 2.05) is 0 Å². The minimum Gasteiger partial charge on any atom is -0.506 e. The number of carbonyl (C=O) groups is 1. The Hall–Kier alpha value is -5.57. The van der Waals surface area contributed by atoms with Crippen molar-refractivity contribution in [3.63, 3.8) is 0 Å². The van der Waals surface area contributed by atoms with Gasteiger partial charge in [0.1, 0.15) is 33.9 Å². The summed E-state index contributed by atoms with van der Waals surface area (Å²) in [5, 5.41) is 23.0. The van der Waals surface area contributed by atoms with E-state index in [1.54, 1.807) is 34.6 Å². The number of aromatic nitrogens is 3. The molecule has 0 spiro atoms. The highest BCUT2D eigenvalue weighted by molar-refractivity contribution is 7.85. The van der Waals surface area contributed by atoms with Crippen molar-refractivity contribution in [2.24, 2.45) is 0 Å². The van der Waals surface area contributed by atoms with E-state index in [0.29, 0.717) is 16.7 Å². The number of phenols is 1. The number of rotatable bonds is 9. The van der Waals surface area contributed by atoms with Gasteiger partial charge in [-0.05, 0) is 69.9 Å². The summed E-state index contributed by atoms with van der Waals surface area (Å²) >= 11 is 0. The highest BCUT2D eigenvalue weighted by atomic mass is 32.2. The second kappa shape index (κ2) is 15.4. The van der Waals surface area contributed by atoms with Crippen LogP contribution in [-0.2, 0) is 25.2 Å². The number of carbonyl (C=O) groups excluding carboxylic acids is 1. The molecule has 0 saturated carbocycles. The van der Waals surface area contributed by atoms with Crippen molar-refractivity contribution in [1.82, 2.24) is 19.0 Å². The van der Waals surface area contributed by atoms with E-state index < -0.39 is 114 Å². The minimum atomic E-state index is -5.49. The molecule has 0 radical (unpaired) electrons. The van der Waals surface area contributed by atoms with Gasteiger partial charge in [-0.25, -0.2) is 9.18 Å². The quantitative estimate of drug-likeness (QED) is 0.0961. The first-order valence-corrected chi connectivity index (χ1v) is 19.3. The number of pyridine rings is 3. The van der Waals surface area contributed by atoms with Crippen LogP contribution in [0.1, 0.15) is 63.9 Å². The van der Waals surface area contributed by atoms with Gasteiger partial charge < -0.3 is 19.6 Å². The number of phenolic OH excluding ortho intramolecular Hbond substituents is 1. The molecule has 1 fully saturated rings. The largest absolute Gasteiger partial charge is 0.506 e. The molecule has 0 aliphatic carbocycles. The Bertz CT molecular complexity index is 2480. The second-order valence-electron chi connectivity index (χ2n) is 14.7. The number of amides is 1. The lowest BCUT2D eigenvalue weighted by Gasteiger charge is -2.43. The van der Waals surface area contributed by atoms with Crippen LogP contribution >= 0.6 is 0 Å². The standard InChI is InChI=1S/C36H40F4N6O10S/c1-19(2)26-27(20(3)11-13-41-26)45-29-22(17-25(36(38,39)40)44(32(29)48)30-23(37)9-8-10-24(30)47)28(31(33(45)49)46(51)52)43-15-14-42(34(50)56-35(4,5)6)18-21(43)12-16-55-57(7,53)54/h8-11,13,17,19,21,47H,12,14-16,18H2,1-7H3. The molecule has 1 unspecified atom stereocenters. The van der Waals surface area contributed by atoms with Gasteiger partial charge in [0.25, 0.3) is 15.7 Å². The average molecular weight is 825 g/mol. The number of anilines is 1. The van der Waals surface area contributed by atoms with Crippen LogP contribution in [0.2, 0.25) is 0 Å². The van der Waals surface area contributed by atoms with Gasteiger partial charge in [0.05, 0.1) is 29.2 Å². The fourth-order valence-corrected chi connectivity index (χ4v) is 7.17. The minimum absolute atomic E-state index is 0.127. The van der Waals surface area contributed by atoms with E-state index in [9.17, 15) is 38.0 Å². The average Bonchev–Trinajstić information content (AvgIpc) is 3.07. The van der Waals surface area contributed by atoms with Gasteiger partial charge in [0.2, 0.25) is 0 Å². The zero-order chi connectivity index (χ0) is 42.5. The summed E-state index contributed by atoms with van der Waals surface area (Å²) in [7, 11) is -4.05. The molecule has 308 valence electrons. The van der Waals surface area contributed by atoms with Crippen LogP contribution in [-0.4, -0.2) is 87.7 Å². The SMILES string of the molecule is Cc1ccnc(C(C)C)c1-n1c(=O)c([N+](=O)[O-])c(N2CCN(C(=O)OC(C)(C)C)CC2CCOS(C)(=O)=O)c2cc(C(F)(F)F)n(-c3c(O)cccc3F)c(=O)c21. The summed E-state index contributed by atoms with van der Waals surface area (Å²) in [5.74, 6) is -3.03. The number of ether oxygens (including phenoxy) is 1. The number of fused-ring (bicyclic) bond motifs is 1. The van der Waals surface area contributed by atoms with Crippen LogP contribution in [0.15, 0.2) is 46.1 Å². The molecule has 1 aromatic carbocycles. The Labute approximate surface area is 323 Å². The topological polar surface area (TPSA) is 196 Å². The third-order valence-electron chi connectivity index (χ3n) is 9.05. The zero-order valence-corrected chi connectivity index (χ0v) is 32.7. The van der Waals surface area contributed by atoms with E-state index in [4.69, 9.17) is 8.92 Å². The fraction of sp³-hybridized carbons (Fsp3) is 0.444. The molecule has 1 atom stereocenters. The first-order valence-electron chi connectivity index (χ1n) is 17.5. The number of benzene rings is 1. The molecule has 1 aliphatic rings. The van der Waals surface area contributed by atoms with Crippen LogP contribution in [0.4, 0.5) is 33.7 Å². The van der Waals surface area contributed by atoms with Crippen LogP contribution in [0, 0.1) is 22.9 Å². The van der Waals surface area contributed by atoms with E-state index in [1.165, 1.54) is 24.1 Å². The normalized spacial score (nSPS) is 15.4. The first-order chi connectivity index (χ1) is 26.3. The smallest absolute Gasteiger partial charge is 0.431 e. The zero-order valence-electron chi connectivity index (χ0n) is 31.9. The lowest BCUT2D eigenvalue weighted by Crippen LogP contribution is -2.56. The molecule has 1 N–H and O–H groups in total. The van der Waals surface area contributed by atoms with Crippen molar-refractivity contribution in [1.29, 1.82) is 0 Å². The Morgan fingerprint density at radius 2 is 1.74 bits per heavy atom. The van der Waals surface area contributed by atoms with Crippen LogP contribution < -0.4 is 16.0 Å². The van der Waals surface area contributed by atoms with Gasteiger partial charge in [-0.2, -0.15) is 21.6 Å². The van der Waals surface area contributed by atoms with Gasteiger partial charge in [0, 0.05) is 37.3 Å². The lowest BCUT2D eigenvalue weighted by molar-refractivity contribution is -0.385. The number of nitro groups is 1. The molecule has 3 aromatic heterocycles. The van der Waals surface area contributed by atoms with Crippen molar-refractivity contribution in [2.75, 3.05) is 37.4 Å². The Morgan fingerprint density at radius 1 is 1.07 bits per heavy atom. The molecule has 1 amide bonds. The summed E-state index contributed by atoms with van der Waals surface area (Å²) < 4.78 is 95.7. The van der Waals surface area contributed by atoms with Gasteiger partial charge in [0.15, 0.2) is 5.82 Å². The lowest BCUT2D eigenvalue weighted by atomic mass is 10.0. The number of alkyl halides is 3. The van der Waals surface area contributed by atoms with Crippen LogP contribution in [0.5, 0.6) is 5.75 Å². The molecular weight excluding hydrogens is 784 g/mol. The Balaban J connectivity index is 1.99. The van der Waals surface area contributed by atoms with Gasteiger partial charge in [-0.3, -0.25) is 38.0 Å². The first kappa shape index (κ1) is 42.6. The summed E-state index contributed by atoms with van der Waals surface area (Å²) in [5.41, 5.74) is -9.88. The molecule has 4 aromatic rings.